The van der Waals surface area contributed by atoms with Crippen LogP contribution in [0.2, 0.25) is 0 Å². The number of rotatable bonds is 3. The SMILES string of the molecule is CC(C)(c1cc(-c2sc(N)nc2CF)ccn1)C(F)(F)F. The van der Waals surface area contributed by atoms with E-state index in [2.05, 4.69) is 9.97 Å². The number of nitrogen functional groups attached to an aromatic ring is 1. The molecule has 0 atom stereocenters. The molecule has 21 heavy (non-hydrogen) atoms. The molecule has 0 saturated carbocycles. The molecule has 0 spiro atoms. The third-order valence-electron chi connectivity index (χ3n) is 3.21. The van der Waals surface area contributed by atoms with Crippen molar-refractivity contribution >= 4 is 16.5 Å². The average molecular weight is 319 g/mol. The lowest BCUT2D eigenvalue weighted by molar-refractivity contribution is -0.181. The molecule has 0 bridgehead atoms. The normalized spacial score (nSPS) is 12.7. The van der Waals surface area contributed by atoms with Crippen LogP contribution < -0.4 is 5.73 Å². The maximum Gasteiger partial charge on any atom is 0.399 e. The Hall–Kier alpha value is -1.70. The molecule has 3 nitrogen and oxygen atoms in total. The van der Waals surface area contributed by atoms with Crippen molar-refractivity contribution < 1.29 is 17.6 Å². The van der Waals surface area contributed by atoms with Crippen LogP contribution in [0, 0.1) is 0 Å². The van der Waals surface area contributed by atoms with E-state index in [1.54, 1.807) is 0 Å². The highest BCUT2D eigenvalue weighted by Crippen LogP contribution is 2.41. The van der Waals surface area contributed by atoms with Crippen LogP contribution in [0.3, 0.4) is 0 Å². The summed E-state index contributed by atoms with van der Waals surface area (Å²) >= 11 is 1.04. The van der Waals surface area contributed by atoms with E-state index in [1.807, 2.05) is 0 Å². The maximum absolute atomic E-state index is 13.1. The van der Waals surface area contributed by atoms with E-state index in [0.717, 1.165) is 25.2 Å². The van der Waals surface area contributed by atoms with Gasteiger partial charge in [0, 0.05) is 6.20 Å². The fourth-order valence-corrected chi connectivity index (χ4v) is 2.57. The van der Waals surface area contributed by atoms with Gasteiger partial charge in [0.05, 0.1) is 16.3 Å². The number of aromatic nitrogens is 2. The van der Waals surface area contributed by atoms with Crippen LogP contribution in [0.25, 0.3) is 10.4 Å². The van der Waals surface area contributed by atoms with Gasteiger partial charge in [0.25, 0.3) is 0 Å². The molecule has 2 aromatic heterocycles. The van der Waals surface area contributed by atoms with Gasteiger partial charge in [0.15, 0.2) is 5.13 Å². The fourth-order valence-electron chi connectivity index (χ4n) is 1.74. The largest absolute Gasteiger partial charge is 0.399 e. The van der Waals surface area contributed by atoms with Crippen LogP contribution in [-0.2, 0) is 12.1 Å². The number of alkyl halides is 4. The lowest BCUT2D eigenvalue weighted by Crippen LogP contribution is -2.37. The predicted molar refractivity (Wildman–Crippen MR) is 73.7 cm³/mol. The molecule has 2 rings (SSSR count). The van der Waals surface area contributed by atoms with Gasteiger partial charge in [0.1, 0.15) is 12.1 Å². The summed E-state index contributed by atoms with van der Waals surface area (Å²) in [5, 5.41) is 0.172. The zero-order chi connectivity index (χ0) is 15.8. The van der Waals surface area contributed by atoms with Crippen molar-refractivity contribution in [3.63, 3.8) is 0 Å². The summed E-state index contributed by atoms with van der Waals surface area (Å²) in [5.74, 6) is 0. The Morgan fingerprint density at radius 2 is 1.95 bits per heavy atom. The van der Waals surface area contributed by atoms with E-state index < -0.39 is 18.3 Å². The van der Waals surface area contributed by atoms with Crippen molar-refractivity contribution in [3.05, 3.63) is 29.7 Å². The van der Waals surface area contributed by atoms with Gasteiger partial charge in [0.2, 0.25) is 0 Å². The minimum atomic E-state index is -4.44. The van der Waals surface area contributed by atoms with Gasteiger partial charge in [-0.25, -0.2) is 9.37 Å². The number of pyridine rings is 1. The van der Waals surface area contributed by atoms with Crippen molar-refractivity contribution in [1.82, 2.24) is 9.97 Å². The van der Waals surface area contributed by atoms with Crippen molar-refractivity contribution in [2.24, 2.45) is 0 Å². The Bertz CT molecular complexity index is 649. The number of anilines is 1. The Balaban J connectivity index is 2.52. The summed E-state index contributed by atoms with van der Waals surface area (Å²) in [6.45, 7) is 1.27. The van der Waals surface area contributed by atoms with Crippen LogP contribution in [0.1, 0.15) is 25.2 Å². The van der Waals surface area contributed by atoms with Crippen molar-refractivity contribution in [3.8, 4) is 10.4 Å². The first-order chi connectivity index (χ1) is 9.66. The highest BCUT2D eigenvalue weighted by molar-refractivity contribution is 7.18. The molecule has 0 saturated heterocycles. The van der Waals surface area contributed by atoms with Gasteiger partial charge in [-0.15, -0.1) is 0 Å². The maximum atomic E-state index is 13.1. The monoisotopic (exact) mass is 319 g/mol. The van der Waals surface area contributed by atoms with Gasteiger partial charge in [-0.05, 0) is 31.5 Å². The Kier molecular flexibility index (Phi) is 3.92. The molecule has 2 aromatic rings. The summed E-state index contributed by atoms with van der Waals surface area (Å²) in [6, 6.07) is 2.82. The predicted octanol–water partition coefficient (Wildman–Crippen LogP) is 4.10. The summed E-state index contributed by atoms with van der Waals surface area (Å²) in [5.41, 5.74) is 3.85. The minimum absolute atomic E-state index is 0.125. The van der Waals surface area contributed by atoms with Crippen molar-refractivity contribution in [1.29, 1.82) is 0 Å². The molecule has 0 amide bonds. The summed E-state index contributed by atoms with van der Waals surface area (Å²) in [6.07, 6.45) is -3.16. The number of hydrogen-bond acceptors (Lipinski definition) is 4. The van der Waals surface area contributed by atoms with Gasteiger partial charge in [-0.1, -0.05) is 11.3 Å². The molecule has 2 heterocycles. The van der Waals surface area contributed by atoms with Gasteiger partial charge in [-0.2, -0.15) is 13.2 Å². The first-order valence-corrected chi connectivity index (χ1v) is 6.83. The minimum Gasteiger partial charge on any atom is -0.375 e. The number of hydrogen-bond donors (Lipinski definition) is 1. The molecule has 8 heteroatoms. The molecule has 0 aliphatic carbocycles. The van der Waals surface area contributed by atoms with Crippen LogP contribution >= 0.6 is 11.3 Å². The van der Waals surface area contributed by atoms with Crippen LogP contribution in [0.5, 0.6) is 0 Å². The zero-order valence-corrected chi connectivity index (χ0v) is 12.1. The highest BCUT2D eigenvalue weighted by atomic mass is 32.1. The topological polar surface area (TPSA) is 51.8 Å². The average Bonchev–Trinajstić information content (AvgIpc) is 2.79. The van der Waals surface area contributed by atoms with Crippen molar-refractivity contribution in [2.45, 2.75) is 32.1 Å². The molecular formula is C13H13F4N3S. The molecule has 2 N–H and O–H groups in total. The molecule has 0 unspecified atom stereocenters. The summed E-state index contributed by atoms with van der Waals surface area (Å²) in [4.78, 5) is 8.06. The van der Waals surface area contributed by atoms with E-state index in [9.17, 15) is 17.6 Å². The van der Waals surface area contributed by atoms with E-state index in [-0.39, 0.29) is 16.5 Å². The van der Waals surface area contributed by atoms with Crippen LogP contribution in [0.4, 0.5) is 22.7 Å². The van der Waals surface area contributed by atoms with Crippen LogP contribution in [0.15, 0.2) is 18.3 Å². The Morgan fingerprint density at radius 1 is 1.29 bits per heavy atom. The van der Waals surface area contributed by atoms with E-state index in [0.29, 0.717) is 10.4 Å². The zero-order valence-electron chi connectivity index (χ0n) is 11.3. The number of thiazole rings is 1. The third-order valence-corrected chi connectivity index (χ3v) is 4.19. The lowest BCUT2D eigenvalue weighted by Gasteiger charge is -2.27. The second-order valence-corrected chi connectivity index (χ2v) is 6.04. The smallest absolute Gasteiger partial charge is 0.375 e. The number of nitrogens with two attached hydrogens (primary N) is 1. The molecule has 0 fully saturated rings. The summed E-state index contributed by atoms with van der Waals surface area (Å²) < 4.78 is 52.1. The van der Waals surface area contributed by atoms with Gasteiger partial charge >= 0.3 is 6.18 Å². The molecule has 0 aliphatic heterocycles. The first kappa shape index (κ1) is 15.7. The molecule has 0 radical (unpaired) electrons. The van der Waals surface area contributed by atoms with Crippen molar-refractivity contribution in [2.75, 3.05) is 5.73 Å². The Morgan fingerprint density at radius 3 is 2.52 bits per heavy atom. The van der Waals surface area contributed by atoms with E-state index in [4.69, 9.17) is 5.73 Å². The van der Waals surface area contributed by atoms with E-state index in [1.165, 1.54) is 18.3 Å². The first-order valence-electron chi connectivity index (χ1n) is 6.01. The quantitative estimate of drug-likeness (QED) is 0.867. The molecular weight excluding hydrogens is 306 g/mol. The van der Waals surface area contributed by atoms with Crippen LogP contribution in [-0.4, -0.2) is 16.1 Å². The molecule has 114 valence electrons. The third kappa shape index (κ3) is 2.85. The highest BCUT2D eigenvalue weighted by Gasteiger charge is 2.49. The molecule has 0 aromatic carbocycles. The Labute approximate surface area is 122 Å². The van der Waals surface area contributed by atoms with Gasteiger partial charge < -0.3 is 5.73 Å². The standard InChI is InChI=1S/C13H13F4N3S/c1-12(2,13(15,16)17)9-5-7(3-4-19-9)10-8(6-14)20-11(18)21-10/h3-5H,6H2,1-2H3,(H2,18,20). The number of halogens is 4. The second kappa shape index (κ2) is 5.25. The lowest BCUT2D eigenvalue weighted by atomic mass is 9.87. The number of nitrogens with zero attached hydrogens (tertiary/aromatic N) is 2. The van der Waals surface area contributed by atoms with Gasteiger partial charge in [-0.3, -0.25) is 4.98 Å². The molecule has 0 aliphatic rings. The second-order valence-electron chi connectivity index (χ2n) is 5.01. The van der Waals surface area contributed by atoms with E-state index >= 15 is 0 Å². The summed E-state index contributed by atoms with van der Waals surface area (Å²) in [7, 11) is 0. The fraction of sp³-hybridized carbons (Fsp3) is 0.385.